The topological polar surface area (TPSA) is 57.6 Å². The predicted molar refractivity (Wildman–Crippen MR) is 112 cm³/mol. The lowest BCUT2D eigenvalue weighted by Gasteiger charge is -2.37. The van der Waals surface area contributed by atoms with E-state index in [0.29, 0.717) is 27.4 Å². The van der Waals surface area contributed by atoms with Crippen molar-refractivity contribution in [3.63, 3.8) is 0 Å². The average Bonchev–Trinajstić information content (AvgIpc) is 3.14. The van der Waals surface area contributed by atoms with Crippen LogP contribution in [0.15, 0.2) is 84.6 Å². The number of carbonyl (C=O) groups excluding carboxylic acids is 2. The quantitative estimate of drug-likeness (QED) is 0.678. The smallest absolute Gasteiger partial charge is 0.294 e. The average molecular weight is 402 g/mol. The van der Waals surface area contributed by atoms with Crippen molar-refractivity contribution in [2.45, 2.75) is 12.0 Å². The van der Waals surface area contributed by atoms with E-state index < -0.39 is 17.2 Å². The van der Waals surface area contributed by atoms with Crippen molar-refractivity contribution in [3.8, 4) is 0 Å². The van der Waals surface area contributed by atoms with Gasteiger partial charge in [-0.15, -0.1) is 0 Å². The normalized spacial score (nSPS) is 20.7. The van der Waals surface area contributed by atoms with Crippen LogP contribution in [-0.2, 0) is 21.5 Å². The molecule has 0 saturated carbocycles. The molecule has 0 radical (unpaired) electrons. The van der Waals surface area contributed by atoms with E-state index in [4.69, 9.17) is 11.6 Å². The Morgan fingerprint density at radius 2 is 1.62 bits per heavy atom. The summed E-state index contributed by atoms with van der Waals surface area (Å²) in [6, 6.07) is 23.3. The second-order valence-electron chi connectivity index (χ2n) is 7.18. The van der Waals surface area contributed by atoms with Crippen LogP contribution in [0.1, 0.15) is 16.7 Å². The van der Waals surface area contributed by atoms with Gasteiger partial charge in [0.2, 0.25) is 0 Å². The molecule has 29 heavy (non-hydrogen) atoms. The molecule has 1 heterocycles. The SMILES string of the molecule is O=C1C(O)=C(c2ccccc2)C2(C(=O)Cc3ccccc32)N1c1cccc(Cl)c1. The molecule has 5 rings (SSSR count). The van der Waals surface area contributed by atoms with Gasteiger partial charge < -0.3 is 5.11 Å². The summed E-state index contributed by atoms with van der Waals surface area (Å²) in [5.41, 5.74) is 1.54. The number of ketones is 1. The van der Waals surface area contributed by atoms with Crippen molar-refractivity contribution >= 4 is 34.6 Å². The van der Waals surface area contributed by atoms with Gasteiger partial charge in [-0.3, -0.25) is 14.5 Å². The fraction of sp³-hybridized carbons (Fsp3) is 0.0833. The largest absolute Gasteiger partial charge is 0.503 e. The molecule has 0 saturated heterocycles. The number of nitrogens with zero attached hydrogens (tertiary/aromatic N) is 1. The molecular weight excluding hydrogens is 386 g/mol. The summed E-state index contributed by atoms with van der Waals surface area (Å²) >= 11 is 6.19. The van der Waals surface area contributed by atoms with Gasteiger partial charge in [0.05, 0.1) is 0 Å². The Morgan fingerprint density at radius 1 is 0.897 bits per heavy atom. The van der Waals surface area contributed by atoms with Gasteiger partial charge in [-0.25, -0.2) is 0 Å². The number of hydrogen-bond acceptors (Lipinski definition) is 3. The molecule has 1 unspecified atom stereocenters. The van der Waals surface area contributed by atoms with Crippen molar-refractivity contribution in [1.82, 2.24) is 0 Å². The minimum atomic E-state index is -1.43. The number of fused-ring (bicyclic) bond motifs is 2. The zero-order chi connectivity index (χ0) is 20.2. The van der Waals surface area contributed by atoms with Crippen LogP contribution in [0, 0.1) is 0 Å². The van der Waals surface area contributed by atoms with Crippen LogP contribution in [0.3, 0.4) is 0 Å². The second-order valence-corrected chi connectivity index (χ2v) is 7.61. The fourth-order valence-electron chi connectivity index (χ4n) is 4.52. The Hall–Kier alpha value is -3.37. The highest BCUT2D eigenvalue weighted by Crippen LogP contribution is 2.54. The molecule has 3 aromatic rings. The monoisotopic (exact) mass is 401 g/mol. The molecule has 1 atom stereocenters. The molecule has 0 fully saturated rings. The highest BCUT2D eigenvalue weighted by molar-refractivity contribution is 6.31. The van der Waals surface area contributed by atoms with Crippen molar-refractivity contribution in [2.75, 3.05) is 4.90 Å². The summed E-state index contributed by atoms with van der Waals surface area (Å²) in [4.78, 5) is 28.4. The van der Waals surface area contributed by atoms with E-state index in [2.05, 4.69) is 0 Å². The number of Topliss-reactive ketones (excluding diaryl/α,β-unsaturated/α-hetero) is 1. The highest BCUT2D eigenvalue weighted by atomic mass is 35.5. The van der Waals surface area contributed by atoms with Crippen LogP contribution in [0.25, 0.3) is 5.57 Å². The maximum absolute atomic E-state index is 13.6. The molecule has 0 aromatic heterocycles. The summed E-state index contributed by atoms with van der Waals surface area (Å²) in [6.07, 6.45) is 0.185. The number of carbonyl (C=O) groups is 2. The number of halogens is 1. The van der Waals surface area contributed by atoms with Crippen molar-refractivity contribution in [1.29, 1.82) is 0 Å². The van der Waals surface area contributed by atoms with Crippen LogP contribution in [0.2, 0.25) is 5.02 Å². The number of aliphatic hydroxyl groups is 1. The molecule has 4 nitrogen and oxygen atoms in total. The van der Waals surface area contributed by atoms with Gasteiger partial charge in [0.15, 0.2) is 17.1 Å². The molecule has 1 amide bonds. The Labute approximate surface area is 172 Å². The first-order valence-corrected chi connectivity index (χ1v) is 9.64. The van der Waals surface area contributed by atoms with Crippen molar-refractivity contribution in [2.24, 2.45) is 0 Å². The number of anilines is 1. The summed E-state index contributed by atoms with van der Waals surface area (Å²) in [5.74, 6) is -1.19. The molecule has 3 aromatic carbocycles. The molecule has 1 aliphatic carbocycles. The standard InChI is InChI=1S/C24H16ClNO3/c25-17-10-6-11-18(14-17)26-23(29)22(28)21(15-7-2-1-3-8-15)24(26)19-12-5-4-9-16(19)13-20(24)27/h1-12,14,28H,13H2. The molecule has 142 valence electrons. The van der Waals surface area contributed by atoms with Gasteiger partial charge in [-0.1, -0.05) is 72.3 Å². The van der Waals surface area contributed by atoms with E-state index in [9.17, 15) is 14.7 Å². The third-order valence-electron chi connectivity index (χ3n) is 5.63. The molecule has 1 aliphatic heterocycles. The van der Waals surface area contributed by atoms with Crippen LogP contribution < -0.4 is 4.90 Å². The number of benzene rings is 3. The van der Waals surface area contributed by atoms with E-state index in [-0.39, 0.29) is 12.2 Å². The second kappa shape index (κ2) is 6.33. The number of hydrogen-bond donors (Lipinski definition) is 1. The van der Waals surface area contributed by atoms with Gasteiger partial charge >= 0.3 is 0 Å². The predicted octanol–water partition coefficient (Wildman–Crippen LogP) is 4.68. The first-order valence-electron chi connectivity index (χ1n) is 9.26. The zero-order valence-electron chi connectivity index (χ0n) is 15.3. The van der Waals surface area contributed by atoms with E-state index in [1.807, 2.05) is 42.5 Å². The highest BCUT2D eigenvalue weighted by Gasteiger charge is 2.61. The Bertz CT molecular complexity index is 1200. The van der Waals surface area contributed by atoms with Gasteiger partial charge in [-0.2, -0.15) is 0 Å². The van der Waals surface area contributed by atoms with Gasteiger partial charge in [0.1, 0.15) is 0 Å². The zero-order valence-corrected chi connectivity index (χ0v) is 16.1. The third kappa shape index (κ3) is 2.33. The van der Waals surface area contributed by atoms with E-state index in [1.165, 1.54) is 4.90 Å². The summed E-state index contributed by atoms with van der Waals surface area (Å²) in [7, 11) is 0. The first kappa shape index (κ1) is 17.7. The van der Waals surface area contributed by atoms with Crippen LogP contribution in [0.4, 0.5) is 5.69 Å². The summed E-state index contributed by atoms with van der Waals surface area (Å²) in [5, 5.41) is 11.4. The Kier molecular flexibility index (Phi) is 3.86. The minimum Gasteiger partial charge on any atom is -0.503 e. The lowest BCUT2D eigenvalue weighted by molar-refractivity contribution is -0.124. The van der Waals surface area contributed by atoms with Crippen molar-refractivity contribution < 1.29 is 14.7 Å². The van der Waals surface area contributed by atoms with Gasteiger partial charge in [0.25, 0.3) is 5.91 Å². The minimum absolute atomic E-state index is 0.157. The van der Waals surface area contributed by atoms with Crippen LogP contribution in [-0.4, -0.2) is 16.8 Å². The summed E-state index contributed by atoms with van der Waals surface area (Å²) < 4.78 is 0. The molecule has 2 aliphatic rings. The van der Waals surface area contributed by atoms with Crippen molar-refractivity contribution in [3.05, 3.63) is 106 Å². The third-order valence-corrected chi connectivity index (χ3v) is 5.87. The molecule has 5 heteroatoms. The van der Waals surface area contributed by atoms with E-state index in [0.717, 1.165) is 5.56 Å². The van der Waals surface area contributed by atoms with E-state index >= 15 is 0 Å². The maximum atomic E-state index is 13.6. The van der Waals surface area contributed by atoms with Gasteiger partial charge in [-0.05, 0) is 34.9 Å². The maximum Gasteiger partial charge on any atom is 0.294 e. The molecule has 1 spiro atoms. The number of rotatable bonds is 2. The van der Waals surface area contributed by atoms with E-state index in [1.54, 1.807) is 36.4 Å². The Balaban J connectivity index is 1.87. The number of aliphatic hydroxyl groups excluding tert-OH is 1. The molecule has 1 N–H and O–H groups in total. The molecular formula is C24H16ClNO3. The fourth-order valence-corrected chi connectivity index (χ4v) is 4.71. The lowest BCUT2D eigenvalue weighted by atomic mass is 9.79. The van der Waals surface area contributed by atoms with Gasteiger partial charge in [0, 0.05) is 22.7 Å². The summed E-state index contributed by atoms with van der Waals surface area (Å²) in [6.45, 7) is 0. The lowest BCUT2D eigenvalue weighted by Crippen LogP contribution is -2.49. The van der Waals surface area contributed by atoms with Crippen LogP contribution >= 0.6 is 11.6 Å². The number of amides is 1. The first-order chi connectivity index (χ1) is 14.0. The molecule has 0 bridgehead atoms. The Morgan fingerprint density at radius 3 is 2.38 bits per heavy atom. The van der Waals surface area contributed by atoms with Crippen LogP contribution in [0.5, 0.6) is 0 Å².